The second-order valence-corrected chi connectivity index (χ2v) is 1.95. The number of carbonyl (C=O) groups is 1. The molecule has 0 saturated heterocycles. The maximum Gasteiger partial charge on any atom is 0.407 e. The van der Waals surface area contributed by atoms with E-state index in [1.54, 1.807) is 0 Å². The Kier molecular flexibility index (Phi) is 3.92. The van der Waals surface area contributed by atoms with Gasteiger partial charge in [-0.2, -0.15) is 0 Å². The van der Waals surface area contributed by atoms with Crippen LogP contribution >= 0.6 is 0 Å². The Morgan fingerprint density at radius 1 is 1.89 bits per heavy atom. The minimum Gasteiger partial charge on any atom is -0.453 e. The molecule has 1 unspecified atom stereocenters. The SMILES string of the molecule is BCC(C)NC(=O)OC. The van der Waals surface area contributed by atoms with Gasteiger partial charge in [0.25, 0.3) is 0 Å². The maximum absolute atomic E-state index is 10.4. The van der Waals surface area contributed by atoms with Gasteiger partial charge < -0.3 is 10.1 Å². The summed E-state index contributed by atoms with van der Waals surface area (Å²) in [4.78, 5) is 10.4. The summed E-state index contributed by atoms with van der Waals surface area (Å²) in [6.45, 7) is 1.93. The van der Waals surface area contributed by atoms with Crippen LogP contribution in [0.3, 0.4) is 0 Å². The molecule has 0 heterocycles. The average Bonchev–Trinajstić information content (AvgIpc) is 1.87. The van der Waals surface area contributed by atoms with E-state index in [-0.39, 0.29) is 12.1 Å². The first kappa shape index (κ1) is 8.33. The van der Waals surface area contributed by atoms with E-state index in [9.17, 15) is 4.79 Å². The number of nitrogens with one attached hydrogen (secondary N) is 1. The predicted molar refractivity (Wildman–Crippen MR) is 38.4 cm³/mol. The van der Waals surface area contributed by atoms with Crippen LogP contribution < -0.4 is 5.32 Å². The van der Waals surface area contributed by atoms with Crippen molar-refractivity contribution in [3.05, 3.63) is 0 Å². The summed E-state index contributed by atoms with van der Waals surface area (Å²) < 4.78 is 4.37. The molecule has 0 aromatic rings. The molecule has 0 aliphatic rings. The Hall–Kier alpha value is -0.665. The third-order valence-corrected chi connectivity index (χ3v) is 1.16. The summed E-state index contributed by atoms with van der Waals surface area (Å²) in [6, 6.07) is 0.206. The first-order valence-corrected chi connectivity index (χ1v) is 3.05. The molecule has 0 rings (SSSR count). The lowest BCUT2D eigenvalue weighted by atomic mass is 9.99. The van der Waals surface area contributed by atoms with E-state index in [0.717, 1.165) is 6.32 Å². The summed E-state index contributed by atoms with van der Waals surface area (Å²) >= 11 is 0. The number of hydrogen-bond donors (Lipinski definition) is 1. The van der Waals surface area contributed by atoms with Gasteiger partial charge in [-0.25, -0.2) is 4.79 Å². The van der Waals surface area contributed by atoms with Crippen molar-refractivity contribution >= 4 is 13.9 Å². The summed E-state index contributed by atoms with van der Waals surface area (Å²) in [6.07, 6.45) is 0.569. The van der Waals surface area contributed by atoms with Gasteiger partial charge in [0.15, 0.2) is 0 Å². The van der Waals surface area contributed by atoms with Gasteiger partial charge in [-0.05, 0) is 6.92 Å². The summed E-state index contributed by atoms with van der Waals surface area (Å²) in [5, 5.41) is 2.62. The molecule has 0 aromatic carbocycles. The highest BCUT2D eigenvalue weighted by Gasteiger charge is 2.01. The lowest BCUT2D eigenvalue weighted by Crippen LogP contribution is -2.31. The van der Waals surface area contributed by atoms with Crippen LogP contribution in [0.15, 0.2) is 0 Å². The molecule has 0 radical (unpaired) electrons. The molecule has 52 valence electrons. The predicted octanol–water partition coefficient (Wildman–Crippen LogP) is -0.218. The quantitative estimate of drug-likeness (QED) is 0.523. The van der Waals surface area contributed by atoms with Gasteiger partial charge >= 0.3 is 6.09 Å². The minimum absolute atomic E-state index is 0.206. The highest BCUT2D eigenvalue weighted by molar-refractivity contribution is 6.09. The maximum atomic E-state index is 10.4. The van der Waals surface area contributed by atoms with E-state index in [0.29, 0.717) is 0 Å². The molecule has 1 atom stereocenters. The monoisotopic (exact) mass is 129 g/mol. The zero-order chi connectivity index (χ0) is 7.28. The molecule has 1 N–H and O–H groups in total. The molecule has 3 nitrogen and oxygen atoms in total. The van der Waals surface area contributed by atoms with Crippen LogP contribution in [-0.4, -0.2) is 27.1 Å². The molecule has 0 aromatic heterocycles. The molecule has 1 amide bonds. The normalized spacial score (nSPS) is 12.2. The highest BCUT2D eigenvalue weighted by Crippen LogP contribution is 1.85. The number of amides is 1. The molecule has 0 spiro atoms. The standard InChI is InChI=1S/C5H12BNO2/c1-4(3-6)7-5(8)9-2/h4H,3,6H2,1-2H3,(H,7,8). The van der Waals surface area contributed by atoms with E-state index in [1.807, 2.05) is 14.8 Å². The molecule has 0 saturated carbocycles. The van der Waals surface area contributed by atoms with Crippen molar-refractivity contribution in [2.45, 2.75) is 19.3 Å². The van der Waals surface area contributed by atoms with Crippen LogP contribution in [0.2, 0.25) is 6.32 Å². The van der Waals surface area contributed by atoms with Crippen molar-refractivity contribution in [2.24, 2.45) is 0 Å². The Balaban J connectivity index is 3.34. The lowest BCUT2D eigenvalue weighted by Gasteiger charge is -2.08. The second-order valence-electron chi connectivity index (χ2n) is 1.95. The number of ether oxygens (including phenoxy) is 1. The third-order valence-electron chi connectivity index (χ3n) is 1.16. The first-order valence-electron chi connectivity index (χ1n) is 3.05. The smallest absolute Gasteiger partial charge is 0.407 e. The van der Waals surface area contributed by atoms with Crippen molar-refractivity contribution < 1.29 is 9.53 Å². The van der Waals surface area contributed by atoms with Gasteiger partial charge in [-0.1, -0.05) is 6.32 Å². The second kappa shape index (κ2) is 4.24. The van der Waals surface area contributed by atoms with Crippen molar-refractivity contribution in [3.63, 3.8) is 0 Å². The Morgan fingerprint density at radius 3 is 2.78 bits per heavy atom. The van der Waals surface area contributed by atoms with Crippen molar-refractivity contribution in [2.75, 3.05) is 7.11 Å². The first-order chi connectivity index (χ1) is 4.20. The van der Waals surface area contributed by atoms with Gasteiger partial charge in [-0.15, -0.1) is 0 Å². The van der Waals surface area contributed by atoms with Crippen molar-refractivity contribution in [1.82, 2.24) is 5.32 Å². The zero-order valence-electron chi connectivity index (χ0n) is 6.10. The third kappa shape index (κ3) is 3.88. The fourth-order valence-electron chi connectivity index (χ4n) is 0.362. The summed E-state index contributed by atoms with van der Waals surface area (Å²) in [7, 11) is 3.36. The number of rotatable bonds is 2. The summed E-state index contributed by atoms with van der Waals surface area (Å²) in [5.41, 5.74) is 0. The molecule has 0 fully saturated rings. The molecule has 0 aliphatic carbocycles. The van der Waals surface area contributed by atoms with E-state index >= 15 is 0 Å². The molecular formula is C5H12BNO2. The van der Waals surface area contributed by atoms with E-state index in [4.69, 9.17) is 0 Å². The zero-order valence-corrected chi connectivity index (χ0v) is 6.10. The highest BCUT2D eigenvalue weighted by atomic mass is 16.5. The fraction of sp³-hybridized carbons (Fsp3) is 0.800. The number of methoxy groups -OCH3 is 1. The van der Waals surface area contributed by atoms with Gasteiger partial charge in [0.1, 0.15) is 7.85 Å². The molecular weight excluding hydrogens is 117 g/mol. The van der Waals surface area contributed by atoms with E-state index in [1.165, 1.54) is 7.11 Å². The van der Waals surface area contributed by atoms with E-state index < -0.39 is 0 Å². The number of carbonyl (C=O) groups excluding carboxylic acids is 1. The topological polar surface area (TPSA) is 38.3 Å². The van der Waals surface area contributed by atoms with Crippen molar-refractivity contribution in [1.29, 1.82) is 0 Å². The van der Waals surface area contributed by atoms with Gasteiger partial charge in [0.05, 0.1) is 7.11 Å². The van der Waals surface area contributed by atoms with E-state index in [2.05, 4.69) is 10.1 Å². The minimum atomic E-state index is -0.357. The molecule has 4 heteroatoms. The van der Waals surface area contributed by atoms with Gasteiger partial charge in [0.2, 0.25) is 0 Å². The Labute approximate surface area is 56.2 Å². The largest absolute Gasteiger partial charge is 0.453 e. The van der Waals surface area contributed by atoms with Crippen LogP contribution in [0, 0.1) is 0 Å². The molecule has 0 aliphatic heterocycles. The summed E-state index contributed by atoms with van der Waals surface area (Å²) in [5.74, 6) is 0. The van der Waals surface area contributed by atoms with Crippen molar-refractivity contribution in [3.8, 4) is 0 Å². The average molecular weight is 129 g/mol. The van der Waals surface area contributed by atoms with Gasteiger partial charge in [-0.3, -0.25) is 0 Å². The Morgan fingerprint density at radius 2 is 2.44 bits per heavy atom. The fourth-order valence-corrected chi connectivity index (χ4v) is 0.362. The Bertz CT molecular complexity index is 97.0. The lowest BCUT2D eigenvalue weighted by molar-refractivity contribution is 0.168. The number of alkyl carbamates (subject to hydrolysis) is 1. The molecule has 9 heavy (non-hydrogen) atoms. The van der Waals surface area contributed by atoms with Gasteiger partial charge in [0, 0.05) is 6.04 Å². The molecule has 0 bridgehead atoms. The van der Waals surface area contributed by atoms with Crippen LogP contribution in [0.25, 0.3) is 0 Å². The van der Waals surface area contributed by atoms with Crippen LogP contribution in [0.5, 0.6) is 0 Å². The number of hydrogen-bond acceptors (Lipinski definition) is 2. The van der Waals surface area contributed by atoms with Crippen LogP contribution in [-0.2, 0) is 4.74 Å². The van der Waals surface area contributed by atoms with Crippen LogP contribution in [0.1, 0.15) is 6.92 Å². The van der Waals surface area contributed by atoms with Crippen LogP contribution in [0.4, 0.5) is 4.79 Å².